The maximum absolute atomic E-state index is 13.3. The molecule has 2 aliphatic heterocycles. The summed E-state index contributed by atoms with van der Waals surface area (Å²) in [6.07, 6.45) is -1.92. The van der Waals surface area contributed by atoms with E-state index in [1.807, 2.05) is 12.1 Å². The summed E-state index contributed by atoms with van der Waals surface area (Å²) < 4.78 is 332. The van der Waals surface area contributed by atoms with Gasteiger partial charge in [0.2, 0.25) is 17.5 Å². The van der Waals surface area contributed by atoms with Crippen molar-refractivity contribution in [3.63, 3.8) is 0 Å². The lowest BCUT2D eigenvalue weighted by molar-refractivity contribution is -0.437. The third-order valence-corrected chi connectivity index (χ3v) is 25.0. The summed E-state index contributed by atoms with van der Waals surface area (Å²) in [5, 5.41) is 12.3. The standard InChI is InChI=1S/C80H97F3N6O28S6.C2HF3O2/c1-78(2)71(88(27-9-43-118(92,93)94)66-21-19-62-64(75(66)78)49-60(120(98,99)100)51-68(62)122(104,105)106)23-17-56(18-24-72-79(3,4)76-65-50-61(121(101,102)103)52-69(123(107,108)109)63(65)20-22-67(76)89(72)28-10-44-119(95,96)97)57-13-7-12-54(45-57)11-5-6-16-73(90)85-25-29-110-31-33-112-35-37-114-39-41-116-42-40-115-38-36-113-34-32-111-30-26-86-77(91)58-14-8-15-59(48-58)117-74-47-55(53-84)46-70(87-74)80(81,82)83;3-2(4,5)1(6)7/h7-8,12-15,17-24,45-52H,5-6,9-11,16,25-44,53,84H2,1-4H3,(H7-,85,86,90,91,92,93,94,95,96,97,98,99,100,101,102,103,104,105,106,107,108,109);(H,6,7). The van der Waals surface area contributed by atoms with Gasteiger partial charge in [0, 0.05) is 102 Å². The van der Waals surface area contributed by atoms with Crippen molar-refractivity contribution in [2.75, 3.05) is 135 Å². The number of hydrogen-bond acceptors (Lipinski definition) is 27. The summed E-state index contributed by atoms with van der Waals surface area (Å²) in [5.41, 5.74) is 5.86. The van der Waals surface area contributed by atoms with Crippen LogP contribution >= 0.6 is 0 Å². The van der Waals surface area contributed by atoms with E-state index in [1.165, 1.54) is 54.6 Å². The summed E-state index contributed by atoms with van der Waals surface area (Å²) in [6, 6.07) is 24.1. The van der Waals surface area contributed by atoms with E-state index < -0.39 is 133 Å². The number of aromatic nitrogens is 1. The van der Waals surface area contributed by atoms with Crippen molar-refractivity contribution in [2.24, 2.45) is 5.73 Å². The molecule has 48 heteroatoms. The highest BCUT2D eigenvalue weighted by molar-refractivity contribution is 7.87. The molecule has 0 bridgehead atoms. The van der Waals surface area contributed by atoms with Crippen LogP contribution in [0, 0.1) is 0 Å². The lowest BCUT2D eigenvalue weighted by Gasteiger charge is -2.27. The molecule has 0 saturated heterocycles. The molecule has 0 aliphatic carbocycles. The minimum atomic E-state index is -5.18. The Morgan fingerprint density at radius 2 is 1.06 bits per heavy atom. The molecule has 0 fully saturated rings. The Morgan fingerprint density at radius 3 is 1.56 bits per heavy atom. The second-order valence-electron chi connectivity index (χ2n) is 30.2. The Morgan fingerprint density at radius 1 is 0.554 bits per heavy atom. The SMILES string of the molecule is CC1(C)C(/C=C/C(=C/C=C2\N(CCCS(=O)(=O)O)c3ccc4c(S(=O)(=O)O)cc(S(=O)(=O)O)cc4c3C2(C)C)c2cccc(CCCCC(=O)NCCOCCOCCOCCOCCOCCOCCOCCNC(=O)c3cccc(Oc4cc(CN)cc(C(F)(F)F)n4)c3)c2)=[N+](CCCS(=O)(=O)[O-])c2ccc3c(S(=O)(=O)O)cc(S(=O)(=O)O)cc3c21.O=C(O)C(F)(F)F. The van der Waals surface area contributed by atoms with Gasteiger partial charge in [-0.15, -0.1) is 0 Å². The smallest absolute Gasteiger partial charge is 0.490 e. The first kappa shape index (κ1) is 106. The lowest BCUT2D eigenvalue weighted by atomic mass is 9.78. The summed E-state index contributed by atoms with van der Waals surface area (Å²) >= 11 is 0. The number of unbranched alkanes of at least 4 members (excludes halogenated alkanes) is 1. The van der Waals surface area contributed by atoms with Gasteiger partial charge in [-0.3, -0.25) is 32.4 Å². The number of allylic oxidation sites excluding steroid dienone is 6. The van der Waals surface area contributed by atoms with Gasteiger partial charge in [0.25, 0.3) is 56.5 Å². The van der Waals surface area contributed by atoms with Gasteiger partial charge in [0.15, 0.2) is 5.71 Å². The van der Waals surface area contributed by atoms with Crippen LogP contribution in [0.3, 0.4) is 0 Å². The predicted octanol–water partition coefficient (Wildman–Crippen LogP) is 9.56. The van der Waals surface area contributed by atoms with Gasteiger partial charge in [0.05, 0.1) is 124 Å². The van der Waals surface area contributed by atoms with Crippen LogP contribution in [0.15, 0.2) is 159 Å². The molecule has 36 nitrogen and oxygen atoms in total. The van der Waals surface area contributed by atoms with Gasteiger partial charge in [-0.05, 0) is 151 Å². The van der Waals surface area contributed by atoms with Crippen LogP contribution in [0.2, 0.25) is 0 Å². The topological polar surface area (TPSA) is 544 Å². The highest BCUT2D eigenvalue weighted by atomic mass is 32.2. The summed E-state index contributed by atoms with van der Waals surface area (Å²) in [4.78, 5) is 36.3. The Hall–Kier alpha value is -9.39. The van der Waals surface area contributed by atoms with Crippen LogP contribution in [0.4, 0.5) is 37.7 Å². The van der Waals surface area contributed by atoms with Crippen molar-refractivity contribution >= 4 is 123 Å². The first-order valence-electron chi connectivity index (χ1n) is 39.8. The van der Waals surface area contributed by atoms with E-state index in [0.717, 1.165) is 23.8 Å². The third-order valence-electron chi connectivity index (χ3n) is 20.0. The molecule has 7 aromatic rings. The van der Waals surface area contributed by atoms with E-state index in [0.29, 0.717) is 118 Å². The highest BCUT2D eigenvalue weighted by Gasteiger charge is 2.47. The average molecular weight is 1950 g/mol. The number of alkyl halides is 6. The number of nitrogens with one attached hydrogen (secondary N) is 2. The second-order valence-corrected chi connectivity index (χ2v) is 38.9. The Labute approximate surface area is 746 Å². The van der Waals surface area contributed by atoms with Crippen LogP contribution in [0.5, 0.6) is 11.6 Å². The number of ether oxygens (including phenoxy) is 8. The fourth-order valence-corrected chi connectivity index (χ4v) is 17.9. The molecule has 0 radical (unpaired) electrons. The number of benzene rings is 6. The Bertz CT molecular complexity index is 6120. The predicted molar refractivity (Wildman–Crippen MR) is 458 cm³/mol. The molecular formula is C82H98F6N6O30S6. The van der Waals surface area contributed by atoms with Gasteiger partial charge in [-0.1, -0.05) is 56.3 Å². The normalized spacial score (nSPS) is 14.8. The van der Waals surface area contributed by atoms with E-state index >= 15 is 0 Å². The van der Waals surface area contributed by atoms with Crippen molar-refractivity contribution < 1.29 is 166 Å². The van der Waals surface area contributed by atoms with Crippen LogP contribution in [-0.4, -0.2) is 252 Å². The van der Waals surface area contributed by atoms with Crippen LogP contribution in [0.25, 0.3) is 27.1 Å². The molecule has 9 rings (SSSR count). The molecule has 2 aliphatic rings. The number of nitrogens with zero attached hydrogens (tertiary/aromatic N) is 3. The number of halogens is 6. The molecule has 2 amide bonds. The molecule has 130 heavy (non-hydrogen) atoms. The van der Waals surface area contributed by atoms with Gasteiger partial charge in [-0.25, -0.2) is 18.2 Å². The third kappa shape index (κ3) is 31.1. The van der Waals surface area contributed by atoms with Gasteiger partial charge in [0.1, 0.15) is 27.8 Å². The zero-order valence-corrected chi connectivity index (χ0v) is 75.3. The number of rotatable bonds is 49. The van der Waals surface area contributed by atoms with E-state index in [1.54, 1.807) is 73.6 Å². The maximum Gasteiger partial charge on any atom is 0.490 e. The number of carboxylic acids is 1. The number of pyridine rings is 1. The fourth-order valence-electron chi connectivity index (χ4n) is 14.2. The molecule has 0 unspecified atom stereocenters. The van der Waals surface area contributed by atoms with Crippen molar-refractivity contribution in [3.05, 3.63) is 178 Å². The number of nitrogens with two attached hydrogens (primary N) is 1. The van der Waals surface area contributed by atoms with Gasteiger partial charge < -0.3 is 68.8 Å². The minimum Gasteiger partial charge on any atom is -0.748 e. The molecule has 6 aromatic carbocycles. The number of amides is 2. The number of carboxylic acid groups (broad SMARTS) is 1. The Balaban J connectivity index is 0.00000286. The number of aryl methyl sites for hydroxylation is 1. The quantitative estimate of drug-likeness (QED) is 0.00563. The Kier molecular flexibility index (Phi) is 37.4. The fraction of sp³-hybridized carbons (Fsp3) is 0.427. The van der Waals surface area contributed by atoms with Crippen LogP contribution < -0.4 is 26.0 Å². The van der Waals surface area contributed by atoms with Gasteiger partial charge >= 0.3 is 18.3 Å². The minimum absolute atomic E-state index is 0.0364. The molecule has 0 saturated carbocycles. The van der Waals surface area contributed by atoms with E-state index in [4.69, 9.17) is 53.5 Å². The van der Waals surface area contributed by atoms with Crippen molar-refractivity contribution in [1.29, 1.82) is 0 Å². The summed E-state index contributed by atoms with van der Waals surface area (Å²) in [7, 11) is -30.0. The van der Waals surface area contributed by atoms with Gasteiger partial charge in [-0.2, -0.15) is 73.0 Å². The lowest BCUT2D eigenvalue weighted by Crippen LogP contribution is -2.28. The molecule has 0 spiro atoms. The van der Waals surface area contributed by atoms with Crippen molar-refractivity contribution in [3.8, 4) is 11.6 Å². The maximum atomic E-state index is 13.3. The molecule has 3 heterocycles. The zero-order valence-electron chi connectivity index (χ0n) is 70.4. The van der Waals surface area contributed by atoms with Crippen molar-refractivity contribution in [1.82, 2.24) is 15.6 Å². The molecular weight excluding hydrogens is 1860 g/mol. The molecule has 714 valence electrons. The van der Waals surface area contributed by atoms with Crippen molar-refractivity contribution in [2.45, 2.75) is 116 Å². The monoisotopic (exact) mass is 1950 g/mol. The van der Waals surface area contributed by atoms with Crippen LogP contribution in [0.1, 0.15) is 104 Å². The highest BCUT2D eigenvalue weighted by Crippen LogP contribution is 2.53. The number of carbonyl (C=O) groups is 3. The van der Waals surface area contributed by atoms with E-state index in [-0.39, 0.29) is 153 Å². The molecule has 1 aromatic heterocycles. The number of carbonyl (C=O) groups excluding carboxylic acids is 2. The number of fused-ring (bicyclic) bond motifs is 6. The second kappa shape index (κ2) is 45.8. The first-order chi connectivity index (χ1) is 60.7. The number of aliphatic carboxylic acids is 1. The largest absolute Gasteiger partial charge is 0.748 e. The van der Waals surface area contributed by atoms with E-state index in [2.05, 4.69) is 15.6 Å². The molecule has 10 N–H and O–H groups in total. The molecule has 0 atom stereocenters. The van der Waals surface area contributed by atoms with Crippen LogP contribution in [-0.2, 0) is 133 Å². The first-order valence-corrected chi connectivity index (χ1v) is 48.7. The zero-order chi connectivity index (χ0) is 96.0. The van der Waals surface area contributed by atoms with E-state index in [9.17, 15) is 114 Å². The number of anilines is 1. The number of hydrogen-bond donors (Lipinski definition) is 9. The summed E-state index contributed by atoms with van der Waals surface area (Å²) in [5.74, 6) is -5.17. The summed E-state index contributed by atoms with van der Waals surface area (Å²) in [6.45, 7) is 10.8. The average Bonchev–Trinajstić information content (AvgIpc) is 1.57.